The molecule has 2 unspecified atom stereocenters. The molecule has 10 heteroatoms. The minimum Gasteiger partial charge on any atom is -0.462 e. The SMILES string of the molecule is CC/C=C\C/C=C\C/C=C\C/C=C\C/C=C\CCCCCCCCCCCCCCCCCCCCCCCCCC(=O)OC(COC(=O)CCCCCCCC/C=C\C/C=C\C/C=C\C/C=C\CC)COP(=O)(O)OCCN. The number of unbranched alkanes of at least 4 members (excludes halogenated alkanes) is 29. The molecule has 0 fully saturated rings. The molecule has 0 amide bonds. The predicted molar refractivity (Wildman–Crippen MR) is 339 cm³/mol. The van der Waals surface area contributed by atoms with Gasteiger partial charge in [-0.2, -0.15) is 0 Å². The summed E-state index contributed by atoms with van der Waals surface area (Å²) < 4.78 is 33.1. The highest BCUT2D eigenvalue weighted by Crippen LogP contribution is 2.43. The van der Waals surface area contributed by atoms with Crippen LogP contribution in [0.5, 0.6) is 0 Å². The Morgan fingerprint density at radius 1 is 0.380 bits per heavy atom. The summed E-state index contributed by atoms with van der Waals surface area (Å²) in [5, 5.41) is 0. The van der Waals surface area contributed by atoms with Crippen LogP contribution in [0.4, 0.5) is 0 Å². The lowest BCUT2D eigenvalue weighted by Gasteiger charge is -2.19. The van der Waals surface area contributed by atoms with E-state index >= 15 is 0 Å². The van der Waals surface area contributed by atoms with Gasteiger partial charge in [-0.1, -0.05) is 284 Å². The molecule has 0 saturated carbocycles. The smallest absolute Gasteiger partial charge is 0.462 e. The van der Waals surface area contributed by atoms with Crippen LogP contribution in [-0.2, 0) is 32.7 Å². The van der Waals surface area contributed by atoms with Crippen LogP contribution in [0.25, 0.3) is 0 Å². The molecule has 0 bridgehead atoms. The van der Waals surface area contributed by atoms with E-state index in [2.05, 4.69) is 123 Å². The van der Waals surface area contributed by atoms with Crippen LogP contribution in [-0.4, -0.2) is 49.3 Å². The summed E-state index contributed by atoms with van der Waals surface area (Å²) in [4.78, 5) is 35.2. The molecular formula is C69H120NO8P. The van der Waals surface area contributed by atoms with Crippen LogP contribution in [0.2, 0.25) is 0 Å². The second kappa shape index (κ2) is 63.8. The number of hydrogen-bond donors (Lipinski definition) is 2. The summed E-state index contributed by atoms with van der Waals surface area (Å²) >= 11 is 0. The van der Waals surface area contributed by atoms with E-state index in [1.165, 1.54) is 128 Å². The molecule has 9 nitrogen and oxygen atoms in total. The molecule has 0 aromatic heterocycles. The standard InChI is InChI=1S/C69H120NO8P/c1-3-5-7-9-11-13-15-17-19-21-23-24-25-26-27-28-29-30-31-32-33-34-35-36-37-38-39-40-41-42-44-46-48-50-52-54-56-58-60-62-69(72)78-67(66-77-79(73,74)76-64-63-70)65-75-68(71)61-59-57-55-53-51-49-47-45-43-22-20-18-16-14-12-10-8-6-4-2/h5-8,11-14,17-20,23-24,26-27,43,45,67H,3-4,9-10,15-16,21-22,25,28-42,44,46-66,70H2,1-2H3,(H,73,74)/b7-5-,8-6-,13-11-,14-12-,19-17-,20-18-,24-23-,27-26-,45-43-. The van der Waals surface area contributed by atoms with Crippen LogP contribution >= 0.6 is 7.82 Å². The minimum absolute atomic E-state index is 0.0484. The highest BCUT2D eigenvalue weighted by Gasteiger charge is 2.26. The molecule has 454 valence electrons. The van der Waals surface area contributed by atoms with Gasteiger partial charge in [-0.25, -0.2) is 4.57 Å². The Labute approximate surface area is 486 Å². The van der Waals surface area contributed by atoms with Gasteiger partial charge in [0.2, 0.25) is 0 Å². The molecular weight excluding hydrogens is 1000 g/mol. The number of carbonyl (C=O) groups is 2. The molecule has 0 aliphatic heterocycles. The second-order valence-electron chi connectivity index (χ2n) is 21.2. The maximum Gasteiger partial charge on any atom is 0.472 e. The van der Waals surface area contributed by atoms with E-state index in [1.807, 2.05) is 0 Å². The first-order chi connectivity index (χ1) is 38.8. The van der Waals surface area contributed by atoms with Crippen molar-refractivity contribution in [1.82, 2.24) is 0 Å². The molecule has 0 saturated heterocycles. The Morgan fingerprint density at radius 2 is 0.658 bits per heavy atom. The monoisotopic (exact) mass is 1120 g/mol. The van der Waals surface area contributed by atoms with Crippen molar-refractivity contribution < 1.29 is 37.6 Å². The second-order valence-corrected chi connectivity index (χ2v) is 22.7. The van der Waals surface area contributed by atoms with Gasteiger partial charge in [0.1, 0.15) is 6.61 Å². The first-order valence-electron chi connectivity index (χ1n) is 32.4. The third kappa shape index (κ3) is 63.7. The van der Waals surface area contributed by atoms with E-state index in [4.69, 9.17) is 24.3 Å². The average Bonchev–Trinajstić information content (AvgIpc) is 3.44. The fourth-order valence-electron chi connectivity index (χ4n) is 8.95. The summed E-state index contributed by atoms with van der Waals surface area (Å²) in [7, 11) is -4.40. The number of esters is 2. The van der Waals surface area contributed by atoms with Crippen LogP contribution in [0.3, 0.4) is 0 Å². The molecule has 3 N–H and O–H groups in total. The van der Waals surface area contributed by atoms with E-state index < -0.39 is 32.5 Å². The van der Waals surface area contributed by atoms with Gasteiger partial charge in [0, 0.05) is 19.4 Å². The number of nitrogens with two attached hydrogens (primary N) is 1. The van der Waals surface area contributed by atoms with Gasteiger partial charge in [0.05, 0.1) is 13.2 Å². The average molecular weight is 1120 g/mol. The molecule has 79 heavy (non-hydrogen) atoms. The third-order valence-corrected chi connectivity index (χ3v) is 14.6. The zero-order valence-corrected chi connectivity index (χ0v) is 51.7. The number of rotatable bonds is 60. The van der Waals surface area contributed by atoms with Crippen molar-refractivity contribution in [2.45, 2.75) is 290 Å². The van der Waals surface area contributed by atoms with Crippen molar-refractivity contribution in [3.8, 4) is 0 Å². The maximum absolute atomic E-state index is 12.7. The normalized spacial score (nSPS) is 13.7. The molecule has 0 aromatic carbocycles. The first kappa shape index (κ1) is 75.7. The van der Waals surface area contributed by atoms with Crippen molar-refractivity contribution in [3.63, 3.8) is 0 Å². The number of ether oxygens (including phenoxy) is 2. The van der Waals surface area contributed by atoms with Crippen molar-refractivity contribution in [1.29, 1.82) is 0 Å². The van der Waals surface area contributed by atoms with Crippen molar-refractivity contribution in [3.05, 3.63) is 109 Å². The van der Waals surface area contributed by atoms with Gasteiger partial charge >= 0.3 is 19.8 Å². The highest BCUT2D eigenvalue weighted by atomic mass is 31.2. The highest BCUT2D eigenvalue weighted by molar-refractivity contribution is 7.47. The summed E-state index contributed by atoms with van der Waals surface area (Å²) in [5.41, 5.74) is 5.39. The van der Waals surface area contributed by atoms with Gasteiger partial charge in [-0.05, 0) is 96.3 Å². The molecule has 0 aliphatic rings. The van der Waals surface area contributed by atoms with E-state index in [-0.39, 0.29) is 32.6 Å². The molecule has 0 radical (unpaired) electrons. The fourth-order valence-corrected chi connectivity index (χ4v) is 9.72. The molecule has 2 atom stereocenters. The lowest BCUT2D eigenvalue weighted by molar-refractivity contribution is -0.161. The summed E-state index contributed by atoms with van der Waals surface area (Å²) in [6.07, 6.45) is 87.5. The van der Waals surface area contributed by atoms with Gasteiger partial charge in [0.25, 0.3) is 0 Å². The third-order valence-electron chi connectivity index (χ3n) is 13.7. The number of phosphoric ester groups is 1. The zero-order chi connectivity index (χ0) is 57.3. The molecule has 0 heterocycles. The number of carbonyl (C=O) groups excluding carboxylic acids is 2. The predicted octanol–water partition coefficient (Wildman–Crippen LogP) is 21.0. The number of hydrogen-bond acceptors (Lipinski definition) is 8. The van der Waals surface area contributed by atoms with Gasteiger partial charge < -0.3 is 20.1 Å². The van der Waals surface area contributed by atoms with E-state index in [0.29, 0.717) is 12.8 Å². The molecule has 0 aromatic rings. The Bertz CT molecular complexity index is 1660. The van der Waals surface area contributed by atoms with Crippen molar-refractivity contribution in [2.24, 2.45) is 5.73 Å². The van der Waals surface area contributed by atoms with E-state index in [9.17, 15) is 19.0 Å². The lowest BCUT2D eigenvalue weighted by Crippen LogP contribution is -2.29. The Balaban J connectivity index is 3.83. The van der Waals surface area contributed by atoms with E-state index in [1.54, 1.807) is 0 Å². The van der Waals surface area contributed by atoms with Crippen LogP contribution in [0.15, 0.2) is 109 Å². The summed E-state index contributed by atoms with van der Waals surface area (Å²) in [6, 6.07) is 0. The number of allylic oxidation sites excluding steroid dienone is 18. The van der Waals surface area contributed by atoms with Crippen LogP contribution in [0.1, 0.15) is 284 Å². The minimum atomic E-state index is -4.40. The fraction of sp³-hybridized carbons (Fsp3) is 0.710. The maximum atomic E-state index is 12.7. The quantitative estimate of drug-likeness (QED) is 0.0264. The Hall–Kier alpha value is -3.33. The van der Waals surface area contributed by atoms with Crippen LogP contribution < -0.4 is 5.73 Å². The van der Waals surface area contributed by atoms with Crippen molar-refractivity contribution >= 4 is 19.8 Å². The molecule has 0 rings (SSSR count). The topological polar surface area (TPSA) is 134 Å². The van der Waals surface area contributed by atoms with E-state index in [0.717, 1.165) is 116 Å². The lowest BCUT2D eigenvalue weighted by atomic mass is 10.0. The van der Waals surface area contributed by atoms with Gasteiger partial charge in [0.15, 0.2) is 6.10 Å². The Kier molecular flexibility index (Phi) is 61.2. The summed E-state index contributed by atoms with van der Waals surface area (Å²) in [5.74, 6) is -0.839. The largest absolute Gasteiger partial charge is 0.472 e. The molecule has 0 spiro atoms. The Morgan fingerprint density at radius 3 is 0.975 bits per heavy atom. The number of phosphoric acid groups is 1. The molecule has 0 aliphatic carbocycles. The van der Waals surface area contributed by atoms with Gasteiger partial charge in [-0.3, -0.25) is 18.6 Å². The van der Waals surface area contributed by atoms with Crippen LogP contribution in [0, 0.1) is 0 Å². The van der Waals surface area contributed by atoms with Gasteiger partial charge in [-0.15, -0.1) is 0 Å². The summed E-state index contributed by atoms with van der Waals surface area (Å²) in [6.45, 7) is 3.52. The van der Waals surface area contributed by atoms with Crippen molar-refractivity contribution in [2.75, 3.05) is 26.4 Å². The first-order valence-corrected chi connectivity index (χ1v) is 33.9. The zero-order valence-electron chi connectivity index (χ0n) is 50.8.